The normalized spacial score (nSPS) is 21.3. The second kappa shape index (κ2) is 3.89. The van der Waals surface area contributed by atoms with Crippen LogP contribution < -0.4 is 5.56 Å². The summed E-state index contributed by atoms with van der Waals surface area (Å²) >= 11 is 0. The summed E-state index contributed by atoms with van der Waals surface area (Å²) in [6, 6.07) is 1.18. The van der Waals surface area contributed by atoms with Crippen molar-refractivity contribution < 1.29 is 17.9 Å². The highest BCUT2D eigenvalue weighted by Crippen LogP contribution is 2.27. The molecule has 4 nitrogen and oxygen atoms in total. The van der Waals surface area contributed by atoms with Gasteiger partial charge in [0.1, 0.15) is 0 Å². The van der Waals surface area contributed by atoms with E-state index >= 15 is 0 Å². The van der Waals surface area contributed by atoms with Crippen molar-refractivity contribution in [3.8, 4) is 0 Å². The second-order valence-corrected chi connectivity index (χ2v) is 3.52. The zero-order valence-corrected chi connectivity index (χ0v) is 8.20. The van der Waals surface area contributed by atoms with Gasteiger partial charge in [-0.1, -0.05) is 0 Å². The lowest BCUT2D eigenvalue weighted by Gasteiger charge is -2.12. The number of alkyl halides is 3. The van der Waals surface area contributed by atoms with Crippen LogP contribution in [0.2, 0.25) is 0 Å². The molecule has 88 valence electrons. The highest BCUT2D eigenvalue weighted by molar-refractivity contribution is 5.04. The van der Waals surface area contributed by atoms with E-state index in [0.717, 1.165) is 10.7 Å². The molecule has 0 bridgehead atoms. The number of rotatable bonds is 1. The quantitative estimate of drug-likeness (QED) is 0.733. The van der Waals surface area contributed by atoms with Crippen LogP contribution in [-0.4, -0.2) is 23.0 Å². The van der Waals surface area contributed by atoms with Crippen molar-refractivity contribution in [1.82, 2.24) is 9.78 Å². The maximum atomic E-state index is 12.4. The fourth-order valence-corrected chi connectivity index (χ4v) is 1.55. The summed E-state index contributed by atoms with van der Waals surface area (Å²) in [6.45, 7) is 0.670. The van der Waals surface area contributed by atoms with Crippen molar-refractivity contribution in [2.24, 2.45) is 0 Å². The lowest BCUT2D eigenvalue weighted by Crippen LogP contribution is -2.29. The van der Waals surface area contributed by atoms with Crippen LogP contribution in [-0.2, 0) is 10.9 Å². The molecule has 1 aliphatic rings. The summed E-state index contributed by atoms with van der Waals surface area (Å²) in [5.41, 5.74) is -1.59. The third-order valence-corrected chi connectivity index (χ3v) is 2.37. The van der Waals surface area contributed by atoms with Crippen LogP contribution in [0.5, 0.6) is 0 Å². The van der Waals surface area contributed by atoms with E-state index in [0.29, 0.717) is 19.1 Å². The zero-order chi connectivity index (χ0) is 11.8. The topological polar surface area (TPSA) is 44.1 Å². The first kappa shape index (κ1) is 11.1. The molecule has 1 aromatic heterocycles. The van der Waals surface area contributed by atoms with E-state index in [1.165, 1.54) is 0 Å². The van der Waals surface area contributed by atoms with E-state index in [1.807, 2.05) is 0 Å². The molecule has 7 heteroatoms. The molecule has 2 heterocycles. The van der Waals surface area contributed by atoms with E-state index in [4.69, 9.17) is 4.74 Å². The summed E-state index contributed by atoms with van der Waals surface area (Å²) in [7, 11) is 0. The van der Waals surface area contributed by atoms with Gasteiger partial charge < -0.3 is 4.74 Å². The minimum Gasteiger partial charge on any atom is -0.379 e. The highest BCUT2D eigenvalue weighted by atomic mass is 19.4. The van der Waals surface area contributed by atoms with Gasteiger partial charge in [0.25, 0.3) is 5.56 Å². The maximum absolute atomic E-state index is 12.4. The van der Waals surface area contributed by atoms with E-state index in [-0.39, 0.29) is 6.61 Å². The monoisotopic (exact) mass is 234 g/mol. The number of aromatic nitrogens is 2. The molecular weight excluding hydrogens is 225 g/mol. The third kappa shape index (κ3) is 2.08. The molecule has 1 aliphatic heterocycles. The van der Waals surface area contributed by atoms with Gasteiger partial charge in [-0.2, -0.15) is 18.3 Å². The molecule has 0 spiro atoms. The molecule has 1 atom stereocenters. The van der Waals surface area contributed by atoms with Crippen molar-refractivity contribution in [3.05, 3.63) is 28.2 Å². The Hall–Kier alpha value is -1.37. The van der Waals surface area contributed by atoms with Gasteiger partial charge in [-0.25, -0.2) is 4.68 Å². The first-order valence-corrected chi connectivity index (χ1v) is 4.73. The largest absolute Gasteiger partial charge is 0.435 e. The number of ether oxygens (including phenoxy) is 1. The summed E-state index contributed by atoms with van der Waals surface area (Å²) < 4.78 is 43.0. The van der Waals surface area contributed by atoms with Gasteiger partial charge in [-0.15, -0.1) is 0 Å². The number of hydrogen-bond acceptors (Lipinski definition) is 3. The van der Waals surface area contributed by atoms with Gasteiger partial charge in [-0.05, 0) is 12.5 Å². The van der Waals surface area contributed by atoms with Crippen LogP contribution in [0.1, 0.15) is 18.2 Å². The summed E-state index contributed by atoms with van der Waals surface area (Å²) in [6.07, 6.45) is -4.02. The van der Waals surface area contributed by atoms with Crippen molar-refractivity contribution >= 4 is 0 Å². The fourth-order valence-electron chi connectivity index (χ4n) is 1.55. The molecule has 0 aromatic carbocycles. The van der Waals surface area contributed by atoms with Crippen molar-refractivity contribution in [2.75, 3.05) is 13.2 Å². The Kier molecular flexibility index (Phi) is 2.71. The first-order valence-electron chi connectivity index (χ1n) is 4.73. The minimum atomic E-state index is -4.53. The van der Waals surface area contributed by atoms with Crippen LogP contribution in [0.3, 0.4) is 0 Å². The van der Waals surface area contributed by atoms with Crippen molar-refractivity contribution in [2.45, 2.75) is 18.6 Å². The molecule has 1 fully saturated rings. The van der Waals surface area contributed by atoms with E-state index in [2.05, 4.69) is 5.10 Å². The van der Waals surface area contributed by atoms with Crippen LogP contribution in [0, 0.1) is 0 Å². The fraction of sp³-hybridized carbons (Fsp3) is 0.556. The van der Waals surface area contributed by atoms with Gasteiger partial charge in [0.05, 0.1) is 12.6 Å². The molecule has 1 saturated heterocycles. The minimum absolute atomic E-state index is 0.230. The van der Waals surface area contributed by atoms with E-state index in [9.17, 15) is 18.0 Å². The predicted octanol–water partition coefficient (Wildman–Crippen LogP) is 1.22. The molecule has 0 radical (unpaired) electrons. The first-order chi connectivity index (χ1) is 7.48. The lowest BCUT2D eigenvalue weighted by atomic mass is 10.2. The number of hydrogen-bond donors (Lipinski definition) is 0. The summed E-state index contributed by atoms with van der Waals surface area (Å²) in [5.74, 6) is 0. The molecule has 0 saturated carbocycles. The number of nitrogens with zero attached hydrogens (tertiary/aromatic N) is 2. The Labute approximate surface area is 88.6 Å². The molecule has 0 amide bonds. The van der Waals surface area contributed by atoms with Crippen LogP contribution in [0.15, 0.2) is 16.9 Å². The van der Waals surface area contributed by atoms with Crippen LogP contribution in [0.4, 0.5) is 13.2 Å². The zero-order valence-electron chi connectivity index (χ0n) is 8.20. The molecule has 2 rings (SSSR count). The van der Waals surface area contributed by atoms with Crippen molar-refractivity contribution in [1.29, 1.82) is 0 Å². The van der Waals surface area contributed by atoms with Gasteiger partial charge in [-0.3, -0.25) is 4.79 Å². The highest BCUT2D eigenvalue weighted by Gasteiger charge is 2.34. The summed E-state index contributed by atoms with van der Waals surface area (Å²) in [4.78, 5) is 11.4. The van der Waals surface area contributed by atoms with Crippen LogP contribution >= 0.6 is 0 Å². The molecule has 1 aromatic rings. The maximum Gasteiger partial charge on any atom is 0.435 e. The molecular formula is C9H9F3N2O2. The molecule has 0 N–H and O–H groups in total. The Morgan fingerprint density at radius 2 is 2.19 bits per heavy atom. The Morgan fingerprint density at radius 3 is 2.75 bits per heavy atom. The SMILES string of the molecule is O=c1ccc(C(F)(F)F)nn1C1CCOC1. The molecule has 16 heavy (non-hydrogen) atoms. The average Bonchev–Trinajstić information content (AvgIpc) is 2.69. The summed E-state index contributed by atoms with van der Waals surface area (Å²) in [5, 5.41) is 3.32. The van der Waals surface area contributed by atoms with Gasteiger partial charge in [0.15, 0.2) is 5.69 Å². The van der Waals surface area contributed by atoms with Gasteiger partial charge in [0, 0.05) is 12.7 Å². The standard InChI is InChI=1S/C9H9F3N2O2/c10-9(11,12)7-1-2-8(15)14(13-7)6-3-4-16-5-6/h1-2,6H,3-5H2. The molecule has 1 unspecified atom stereocenters. The Balaban J connectivity index is 2.40. The number of halogens is 3. The predicted molar refractivity (Wildman–Crippen MR) is 48.0 cm³/mol. The second-order valence-electron chi connectivity index (χ2n) is 3.52. The Bertz CT molecular complexity index is 435. The Morgan fingerprint density at radius 1 is 1.44 bits per heavy atom. The average molecular weight is 234 g/mol. The molecule has 0 aliphatic carbocycles. The van der Waals surface area contributed by atoms with Crippen LogP contribution in [0.25, 0.3) is 0 Å². The van der Waals surface area contributed by atoms with Crippen molar-refractivity contribution in [3.63, 3.8) is 0 Å². The van der Waals surface area contributed by atoms with E-state index in [1.54, 1.807) is 0 Å². The van der Waals surface area contributed by atoms with E-state index < -0.39 is 23.5 Å². The lowest BCUT2D eigenvalue weighted by molar-refractivity contribution is -0.142. The third-order valence-electron chi connectivity index (χ3n) is 2.37. The van der Waals surface area contributed by atoms with Gasteiger partial charge >= 0.3 is 6.18 Å². The smallest absolute Gasteiger partial charge is 0.379 e. The van der Waals surface area contributed by atoms with Gasteiger partial charge in [0.2, 0.25) is 0 Å².